The monoisotopic (exact) mass is 427 g/mol. The summed E-state index contributed by atoms with van der Waals surface area (Å²) in [5.74, 6) is 0. The molecule has 29 heavy (non-hydrogen) atoms. The van der Waals surface area contributed by atoms with Crippen molar-refractivity contribution in [3.8, 4) is 0 Å². The van der Waals surface area contributed by atoms with Crippen LogP contribution < -0.4 is 4.72 Å². The summed E-state index contributed by atoms with van der Waals surface area (Å²) in [4.78, 5) is 5.59. The third-order valence-electron chi connectivity index (χ3n) is 4.93. The average molecular weight is 428 g/mol. The number of sulfonamides is 1. The molecule has 0 amide bonds. The molecule has 0 saturated heterocycles. The van der Waals surface area contributed by atoms with E-state index in [1.807, 2.05) is 44.6 Å². The number of nitrogens with one attached hydrogen (secondary N) is 2. The normalized spacial score (nSPS) is 12.1. The van der Waals surface area contributed by atoms with Crippen LogP contribution in [0.2, 0.25) is 5.02 Å². The summed E-state index contributed by atoms with van der Waals surface area (Å²) in [5.41, 5.74) is 2.70. The maximum atomic E-state index is 12.9. The molecule has 4 rings (SSSR count). The van der Waals surface area contributed by atoms with Gasteiger partial charge in [0, 0.05) is 34.4 Å². The van der Waals surface area contributed by atoms with Crippen LogP contribution in [0.1, 0.15) is 5.56 Å². The molecule has 150 valence electrons. The number of hydrogen-bond donors (Lipinski definition) is 2. The summed E-state index contributed by atoms with van der Waals surface area (Å²) in [6.45, 7) is 0.921. The number of likely N-dealkylation sites (N-methyl/N-ethyl adjacent to an activating group) is 1. The van der Waals surface area contributed by atoms with Gasteiger partial charge in [-0.25, -0.2) is 8.42 Å². The molecule has 1 heterocycles. The molecule has 0 aliphatic heterocycles. The van der Waals surface area contributed by atoms with Crippen molar-refractivity contribution in [3.05, 3.63) is 71.4 Å². The number of nitrogens with zero attached hydrogens (tertiary/aromatic N) is 1. The number of hydrogen-bond acceptors (Lipinski definition) is 3. The number of rotatable bonds is 6. The lowest BCUT2D eigenvalue weighted by atomic mass is 10.1. The summed E-state index contributed by atoms with van der Waals surface area (Å²) in [7, 11) is 0.361. The predicted molar refractivity (Wildman–Crippen MR) is 120 cm³/mol. The summed E-state index contributed by atoms with van der Waals surface area (Å²) in [5, 5.41) is 3.37. The van der Waals surface area contributed by atoms with E-state index in [0.29, 0.717) is 10.7 Å². The molecule has 0 saturated carbocycles. The first-order valence-electron chi connectivity index (χ1n) is 9.29. The number of fused-ring (bicyclic) bond motifs is 2. The third kappa shape index (κ3) is 4.24. The van der Waals surface area contributed by atoms with E-state index in [1.54, 1.807) is 30.3 Å². The van der Waals surface area contributed by atoms with Gasteiger partial charge in [-0.3, -0.25) is 4.72 Å². The first-order valence-corrected chi connectivity index (χ1v) is 11.1. The minimum absolute atomic E-state index is 0.217. The molecule has 0 aliphatic rings. The molecule has 0 atom stereocenters. The zero-order valence-corrected chi connectivity index (χ0v) is 17.8. The van der Waals surface area contributed by atoms with Crippen molar-refractivity contribution in [2.75, 3.05) is 25.4 Å². The van der Waals surface area contributed by atoms with E-state index in [0.717, 1.165) is 40.2 Å². The Morgan fingerprint density at radius 1 is 1.00 bits per heavy atom. The second kappa shape index (κ2) is 7.71. The smallest absolute Gasteiger partial charge is 0.261 e. The van der Waals surface area contributed by atoms with Crippen LogP contribution in [0.4, 0.5) is 5.69 Å². The van der Waals surface area contributed by atoms with E-state index in [1.165, 1.54) is 0 Å². The quantitative estimate of drug-likeness (QED) is 0.461. The number of H-pyrrole nitrogens is 1. The van der Waals surface area contributed by atoms with Crippen molar-refractivity contribution < 1.29 is 8.42 Å². The highest BCUT2D eigenvalue weighted by Crippen LogP contribution is 2.27. The van der Waals surface area contributed by atoms with Crippen molar-refractivity contribution in [1.29, 1.82) is 0 Å². The molecule has 0 spiro atoms. The Morgan fingerprint density at radius 2 is 1.76 bits per heavy atom. The second-order valence-electron chi connectivity index (χ2n) is 7.39. The summed E-state index contributed by atoms with van der Waals surface area (Å²) in [6, 6.07) is 16.0. The van der Waals surface area contributed by atoms with Crippen LogP contribution in [0, 0.1) is 0 Å². The topological polar surface area (TPSA) is 65.2 Å². The second-order valence-corrected chi connectivity index (χ2v) is 9.51. The lowest BCUT2D eigenvalue weighted by Crippen LogP contribution is -2.15. The molecule has 5 nitrogen and oxygen atoms in total. The van der Waals surface area contributed by atoms with Crippen molar-refractivity contribution in [3.63, 3.8) is 0 Å². The number of benzene rings is 3. The van der Waals surface area contributed by atoms with Crippen LogP contribution in [-0.2, 0) is 16.4 Å². The van der Waals surface area contributed by atoms with E-state index < -0.39 is 10.0 Å². The zero-order valence-electron chi connectivity index (χ0n) is 16.2. The molecule has 0 unspecified atom stereocenters. The lowest BCUT2D eigenvalue weighted by molar-refractivity contribution is 0.414. The summed E-state index contributed by atoms with van der Waals surface area (Å²) >= 11 is 6.01. The average Bonchev–Trinajstić information content (AvgIpc) is 3.07. The minimum Gasteiger partial charge on any atom is -0.361 e. The van der Waals surface area contributed by atoms with Gasteiger partial charge in [-0.05, 0) is 79.3 Å². The van der Waals surface area contributed by atoms with E-state index >= 15 is 0 Å². The fourth-order valence-electron chi connectivity index (χ4n) is 3.37. The number of aromatic amines is 1. The molecule has 0 bridgehead atoms. The molecule has 4 aromatic rings. The maximum Gasteiger partial charge on any atom is 0.261 e. The lowest BCUT2D eigenvalue weighted by Gasteiger charge is -2.11. The Bertz CT molecular complexity index is 1300. The largest absolute Gasteiger partial charge is 0.361 e. The van der Waals surface area contributed by atoms with Crippen LogP contribution in [0.3, 0.4) is 0 Å². The molecule has 2 N–H and O–H groups in total. The van der Waals surface area contributed by atoms with Gasteiger partial charge in [0.05, 0.1) is 4.90 Å². The fourth-order valence-corrected chi connectivity index (χ4v) is 4.63. The third-order valence-corrected chi connectivity index (χ3v) is 6.55. The Kier molecular flexibility index (Phi) is 5.25. The van der Waals surface area contributed by atoms with Gasteiger partial charge in [-0.15, -0.1) is 0 Å². The van der Waals surface area contributed by atoms with Crippen LogP contribution in [-0.4, -0.2) is 38.9 Å². The Labute approximate surface area is 175 Å². The highest BCUT2D eigenvalue weighted by Gasteiger charge is 2.16. The van der Waals surface area contributed by atoms with Crippen LogP contribution in [0.15, 0.2) is 65.7 Å². The number of halogens is 1. The fraction of sp³-hybridized carbons (Fsp3) is 0.182. The van der Waals surface area contributed by atoms with Gasteiger partial charge >= 0.3 is 0 Å². The predicted octanol–water partition coefficient (Wildman–Crippen LogP) is 4.88. The van der Waals surface area contributed by atoms with Gasteiger partial charge in [-0.2, -0.15) is 0 Å². The molecule has 0 radical (unpaired) electrons. The number of anilines is 1. The SMILES string of the molecule is CN(C)CCc1c[nH]c2ccc(NS(=O)(=O)c3ccc4cc(Cl)ccc4c3)cc12. The Balaban J connectivity index is 1.64. The summed E-state index contributed by atoms with van der Waals surface area (Å²) in [6.07, 6.45) is 2.87. The van der Waals surface area contributed by atoms with Gasteiger partial charge in [0.25, 0.3) is 10.0 Å². The molecule has 7 heteroatoms. The van der Waals surface area contributed by atoms with Gasteiger partial charge in [0.1, 0.15) is 0 Å². The van der Waals surface area contributed by atoms with Crippen molar-refractivity contribution in [2.45, 2.75) is 11.3 Å². The van der Waals surface area contributed by atoms with E-state index in [-0.39, 0.29) is 4.90 Å². The molecular formula is C22H22ClN3O2S. The van der Waals surface area contributed by atoms with Crippen LogP contribution in [0.5, 0.6) is 0 Å². The first-order chi connectivity index (χ1) is 13.8. The minimum atomic E-state index is -3.71. The molecule has 1 aromatic heterocycles. The van der Waals surface area contributed by atoms with Gasteiger partial charge in [0.2, 0.25) is 0 Å². The number of aromatic nitrogens is 1. The highest BCUT2D eigenvalue weighted by atomic mass is 35.5. The van der Waals surface area contributed by atoms with Crippen molar-refractivity contribution in [1.82, 2.24) is 9.88 Å². The van der Waals surface area contributed by atoms with E-state index in [2.05, 4.69) is 14.6 Å². The first kappa shape index (κ1) is 19.8. The van der Waals surface area contributed by atoms with E-state index in [4.69, 9.17) is 11.6 Å². The molecule has 0 fully saturated rings. The van der Waals surface area contributed by atoms with Gasteiger partial charge in [-0.1, -0.05) is 23.7 Å². The molecule has 0 aliphatic carbocycles. The van der Waals surface area contributed by atoms with Crippen molar-refractivity contribution >= 4 is 49.0 Å². The Hall–Kier alpha value is -2.54. The summed E-state index contributed by atoms with van der Waals surface area (Å²) < 4.78 is 28.6. The van der Waals surface area contributed by atoms with Crippen molar-refractivity contribution in [2.24, 2.45) is 0 Å². The van der Waals surface area contributed by atoms with Gasteiger partial charge in [0.15, 0.2) is 0 Å². The molecular weight excluding hydrogens is 406 g/mol. The molecule has 3 aromatic carbocycles. The Morgan fingerprint density at radius 3 is 2.55 bits per heavy atom. The van der Waals surface area contributed by atoms with Crippen LogP contribution in [0.25, 0.3) is 21.7 Å². The van der Waals surface area contributed by atoms with Crippen LogP contribution >= 0.6 is 11.6 Å². The van der Waals surface area contributed by atoms with Gasteiger partial charge < -0.3 is 9.88 Å². The standard InChI is InChI=1S/C22H22ClN3O2S/c1-26(2)10-9-17-14-24-22-8-6-19(13-21(17)22)25-29(27,28)20-7-4-15-11-18(23)5-3-16(15)12-20/h3-8,11-14,24-25H,9-10H2,1-2H3. The van der Waals surface area contributed by atoms with E-state index in [9.17, 15) is 8.42 Å². The zero-order chi connectivity index (χ0) is 20.6. The highest BCUT2D eigenvalue weighted by molar-refractivity contribution is 7.92. The maximum absolute atomic E-state index is 12.9.